The molecule has 4 N–H and O–H groups in total. The summed E-state index contributed by atoms with van der Waals surface area (Å²) in [5.41, 5.74) is 8.37. The highest BCUT2D eigenvalue weighted by atomic mass is 32.2. The molecule has 24 heavy (non-hydrogen) atoms. The first-order valence-corrected chi connectivity index (χ1v) is 9.05. The van der Waals surface area contributed by atoms with E-state index in [0.29, 0.717) is 21.8 Å². The normalized spacial score (nSPS) is 10.7. The number of nitrogen functional groups attached to an aromatic ring is 1. The molecule has 0 spiro atoms. The van der Waals surface area contributed by atoms with Gasteiger partial charge in [-0.2, -0.15) is 10.6 Å². The van der Waals surface area contributed by atoms with Crippen molar-refractivity contribution < 1.29 is 9.00 Å². The zero-order valence-corrected chi connectivity index (χ0v) is 14.1. The van der Waals surface area contributed by atoms with E-state index in [0.717, 1.165) is 10.4 Å². The van der Waals surface area contributed by atoms with Gasteiger partial charge in [-0.3, -0.25) is 4.79 Å². The summed E-state index contributed by atoms with van der Waals surface area (Å²) in [4.78, 5) is 13.8. The monoisotopic (exact) mass is 356 g/mol. The maximum Gasteiger partial charge on any atom is 0.255 e. The first kappa shape index (κ1) is 16.2. The van der Waals surface area contributed by atoms with Gasteiger partial charge in [0.1, 0.15) is 0 Å². The SMILES string of the molecule is N=[S-](=O)c1ccc(C(=O)Nc2cc(-c3cccs3)ccc2N)cc1. The third-order valence-electron chi connectivity index (χ3n) is 3.44. The van der Waals surface area contributed by atoms with Gasteiger partial charge in [0.25, 0.3) is 5.91 Å². The van der Waals surface area contributed by atoms with Crippen LogP contribution in [-0.4, -0.2) is 5.91 Å². The molecule has 0 saturated carbocycles. The van der Waals surface area contributed by atoms with Crippen LogP contribution in [0, 0.1) is 4.78 Å². The van der Waals surface area contributed by atoms with Crippen molar-refractivity contribution in [1.29, 1.82) is 4.78 Å². The Bertz CT molecular complexity index is 938. The molecular weight excluding hydrogens is 342 g/mol. The van der Waals surface area contributed by atoms with Crippen molar-refractivity contribution in [2.45, 2.75) is 4.90 Å². The van der Waals surface area contributed by atoms with Crippen molar-refractivity contribution in [2.24, 2.45) is 0 Å². The molecule has 3 aromatic rings. The van der Waals surface area contributed by atoms with E-state index in [-0.39, 0.29) is 5.91 Å². The lowest BCUT2D eigenvalue weighted by Gasteiger charge is -2.11. The lowest BCUT2D eigenvalue weighted by Crippen LogP contribution is -2.13. The summed E-state index contributed by atoms with van der Waals surface area (Å²) in [5, 5.41) is 4.78. The number of benzene rings is 2. The smallest absolute Gasteiger partial charge is 0.255 e. The third-order valence-corrected chi connectivity index (χ3v) is 5.06. The summed E-state index contributed by atoms with van der Waals surface area (Å²) < 4.78 is 18.2. The van der Waals surface area contributed by atoms with Gasteiger partial charge in [-0.1, -0.05) is 36.4 Å². The Kier molecular flexibility index (Phi) is 4.64. The zero-order chi connectivity index (χ0) is 17.1. The molecular formula is C17H14N3O2S2-. The third kappa shape index (κ3) is 3.47. The van der Waals surface area contributed by atoms with Crippen LogP contribution in [0.2, 0.25) is 0 Å². The van der Waals surface area contributed by atoms with Crippen LogP contribution in [0.25, 0.3) is 10.4 Å². The molecule has 1 heterocycles. The van der Waals surface area contributed by atoms with Gasteiger partial charge in [-0.15, -0.1) is 16.2 Å². The standard InChI is InChI=1S/C17H14N3O2S2/c18-14-8-5-12(16-2-1-9-23-16)10-15(14)20-17(21)11-3-6-13(7-4-11)24(19)22/h1-10,19H,18H2,(H,20,21)/q-1. The van der Waals surface area contributed by atoms with Crippen molar-refractivity contribution in [3.8, 4) is 10.4 Å². The van der Waals surface area contributed by atoms with Crippen LogP contribution in [-0.2, 0) is 14.8 Å². The molecule has 0 saturated heterocycles. The topological polar surface area (TPSA) is 96.0 Å². The number of carbonyl (C=O) groups excluding carboxylic acids is 1. The van der Waals surface area contributed by atoms with Crippen LogP contribution in [0.3, 0.4) is 0 Å². The van der Waals surface area contributed by atoms with Crippen molar-refractivity contribution in [2.75, 3.05) is 11.1 Å². The first-order valence-electron chi connectivity index (χ1n) is 7.02. The maximum absolute atomic E-state index is 12.4. The largest absolute Gasteiger partial charge is 0.440 e. The van der Waals surface area contributed by atoms with Crippen LogP contribution in [0.1, 0.15) is 10.4 Å². The minimum Gasteiger partial charge on any atom is -0.440 e. The lowest BCUT2D eigenvalue weighted by molar-refractivity contribution is 0.102. The maximum atomic E-state index is 12.4. The number of amides is 1. The fourth-order valence-electron chi connectivity index (χ4n) is 2.19. The number of hydrogen-bond donors (Lipinski definition) is 3. The van der Waals surface area contributed by atoms with Crippen LogP contribution < -0.4 is 11.1 Å². The van der Waals surface area contributed by atoms with Crippen molar-refractivity contribution >= 4 is 39.2 Å². The average Bonchev–Trinajstić information content (AvgIpc) is 3.11. The van der Waals surface area contributed by atoms with Crippen LogP contribution >= 0.6 is 11.3 Å². The highest BCUT2D eigenvalue weighted by Crippen LogP contribution is 2.30. The molecule has 0 bridgehead atoms. The molecule has 122 valence electrons. The van der Waals surface area contributed by atoms with Gasteiger partial charge >= 0.3 is 0 Å². The molecule has 1 aromatic heterocycles. The zero-order valence-electron chi connectivity index (χ0n) is 12.5. The van der Waals surface area contributed by atoms with Gasteiger partial charge in [-0.25, -0.2) is 0 Å². The average molecular weight is 356 g/mol. The predicted molar refractivity (Wildman–Crippen MR) is 97.6 cm³/mol. The van der Waals surface area contributed by atoms with Gasteiger partial charge in [-0.05, 0) is 29.1 Å². The number of hydrogen-bond acceptors (Lipinski definition) is 6. The summed E-state index contributed by atoms with van der Waals surface area (Å²) in [6, 6.07) is 15.6. The Labute approximate surface area is 145 Å². The molecule has 5 nitrogen and oxygen atoms in total. The van der Waals surface area contributed by atoms with E-state index in [4.69, 9.17) is 10.5 Å². The molecule has 0 unspecified atom stereocenters. The number of nitrogens with one attached hydrogen (secondary N) is 2. The van der Waals surface area contributed by atoms with E-state index in [2.05, 4.69) is 5.32 Å². The number of nitrogens with two attached hydrogens (primary N) is 1. The molecule has 0 atom stereocenters. The number of carbonyl (C=O) groups is 1. The van der Waals surface area contributed by atoms with Crippen LogP contribution in [0.5, 0.6) is 0 Å². The number of anilines is 2. The van der Waals surface area contributed by atoms with E-state index < -0.39 is 10.6 Å². The minimum atomic E-state index is -1.81. The highest BCUT2D eigenvalue weighted by Gasteiger charge is 2.09. The second kappa shape index (κ2) is 6.86. The summed E-state index contributed by atoms with van der Waals surface area (Å²) in [6.07, 6.45) is 0. The molecule has 0 radical (unpaired) electrons. The number of rotatable bonds is 4. The fraction of sp³-hybridized carbons (Fsp3) is 0. The summed E-state index contributed by atoms with van der Waals surface area (Å²) in [6.45, 7) is 0. The van der Waals surface area contributed by atoms with E-state index in [1.165, 1.54) is 24.3 Å². The van der Waals surface area contributed by atoms with Crippen LogP contribution in [0.15, 0.2) is 64.9 Å². The second-order valence-electron chi connectivity index (χ2n) is 5.03. The molecule has 1 amide bonds. The highest BCUT2D eigenvalue weighted by molar-refractivity contribution is 7.73. The Morgan fingerprint density at radius 2 is 1.88 bits per heavy atom. The van der Waals surface area contributed by atoms with Gasteiger partial charge in [0.15, 0.2) is 0 Å². The minimum absolute atomic E-state index is 0.313. The molecule has 2 aromatic carbocycles. The quantitative estimate of drug-likeness (QED) is 0.479. The summed E-state index contributed by atoms with van der Waals surface area (Å²) >= 11 is 1.61. The van der Waals surface area contributed by atoms with Gasteiger partial charge in [0.05, 0.1) is 11.4 Å². The first-order chi connectivity index (χ1) is 11.5. The van der Waals surface area contributed by atoms with E-state index in [9.17, 15) is 9.00 Å². The molecule has 7 heteroatoms. The Hall–Kier alpha value is -2.64. The molecule has 0 aliphatic rings. The van der Waals surface area contributed by atoms with E-state index >= 15 is 0 Å². The Morgan fingerprint density at radius 1 is 1.12 bits per heavy atom. The van der Waals surface area contributed by atoms with Gasteiger partial charge in [0, 0.05) is 10.4 Å². The summed E-state index contributed by atoms with van der Waals surface area (Å²) in [7, 11) is -1.81. The molecule has 0 aliphatic heterocycles. The van der Waals surface area contributed by atoms with Crippen LogP contribution in [0.4, 0.5) is 11.4 Å². The van der Waals surface area contributed by atoms with E-state index in [1.54, 1.807) is 17.4 Å². The second-order valence-corrected chi connectivity index (χ2v) is 6.98. The molecule has 0 fully saturated rings. The summed E-state index contributed by atoms with van der Waals surface area (Å²) in [5.74, 6) is -0.313. The van der Waals surface area contributed by atoms with Crippen molar-refractivity contribution in [1.82, 2.24) is 0 Å². The predicted octanol–water partition coefficient (Wildman–Crippen LogP) is 4.33. The van der Waals surface area contributed by atoms with Crippen molar-refractivity contribution in [3.05, 3.63) is 65.5 Å². The van der Waals surface area contributed by atoms with Crippen molar-refractivity contribution in [3.63, 3.8) is 0 Å². The van der Waals surface area contributed by atoms with E-state index in [1.807, 2.05) is 29.6 Å². The Morgan fingerprint density at radius 3 is 2.50 bits per heavy atom. The molecule has 3 rings (SSSR count). The fourth-order valence-corrected chi connectivity index (χ4v) is 3.29. The lowest BCUT2D eigenvalue weighted by atomic mass is 10.1. The Balaban J connectivity index is 1.84. The van der Waals surface area contributed by atoms with Gasteiger partial charge < -0.3 is 20.0 Å². The number of thiophene rings is 1. The molecule has 0 aliphatic carbocycles. The van der Waals surface area contributed by atoms with Gasteiger partial charge in [0.2, 0.25) is 0 Å².